The molecule has 0 aliphatic carbocycles. The van der Waals surface area contributed by atoms with E-state index >= 15 is 0 Å². The van der Waals surface area contributed by atoms with Crippen molar-refractivity contribution in [3.63, 3.8) is 0 Å². The highest BCUT2D eigenvalue weighted by atomic mass is 32.2. The highest BCUT2D eigenvalue weighted by Gasteiger charge is 2.21. The van der Waals surface area contributed by atoms with Crippen LogP contribution in [-0.4, -0.2) is 74.1 Å². The van der Waals surface area contributed by atoms with Gasteiger partial charge in [0.25, 0.3) is 0 Å². The number of amides is 1. The molecule has 0 aromatic rings. The fourth-order valence-electron chi connectivity index (χ4n) is 2.66. The van der Waals surface area contributed by atoms with Gasteiger partial charge in [0, 0.05) is 19.4 Å². The van der Waals surface area contributed by atoms with Crippen LogP contribution >= 0.6 is 0 Å². The first-order valence-corrected chi connectivity index (χ1v) is 10.3. The molecule has 1 amide bonds. The number of hydrogen-bond donors (Lipinski definition) is 2. The molecule has 8 heteroatoms. The van der Waals surface area contributed by atoms with Gasteiger partial charge in [-0.2, -0.15) is 0 Å². The Kier molecular flexibility index (Phi) is 11.4. The van der Waals surface area contributed by atoms with Gasteiger partial charge in [-0.25, -0.2) is 8.42 Å². The number of quaternary nitrogens is 1. The van der Waals surface area contributed by atoms with Gasteiger partial charge in [0.15, 0.2) is 0 Å². The van der Waals surface area contributed by atoms with Gasteiger partial charge in [0.05, 0.1) is 36.5 Å². The minimum Gasteiger partial charge on any atom is -0.748 e. The summed E-state index contributed by atoms with van der Waals surface area (Å²) in [7, 11) is -0.699. The first-order valence-electron chi connectivity index (χ1n) is 8.76. The normalized spacial score (nSPS) is 13.7. The van der Waals surface area contributed by atoms with Gasteiger partial charge >= 0.3 is 0 Å². The molecule has 0 saturated carbocycles. The summed E-state index contributed by atoms with van der Waals surface area (Å²) in [6.45, 7) is 3.58. The van der Waals surface area contributed by atoms with Crippen molar-refractivity contribution in [2.45, 2.75) is 58.0 Å². The molecule has 24 heavy (non-hydrogen) atoms. The van der Waals surface area contributed by atoms with Crippen molar-refractivity contribution in [1.29, 1.82) is 0 Å². The molecule has 0 aliphatic rings. The summed E-state index contributed by atoms with van der Waals surface area (Å²) in [5, 5.41) is 12.5. The van der Waals surface area contributed by atoms with Crippen LogP contribution in [0.15, 0.2) is 0 Å². The summed E-state index contributed by atoms with van der Waals surface area (Å²) in [6.07, 6.45) is 5.71. The molecule has 1 unspecified atom stereocenters. The summed E-state index contributed by atoms with van der Waals surface area (Å²) < 4.78 is 32.3. The van der Waals surface area contributed by atoms with E-state index in [0.717, 1.165) is 19.3 Å². The minimum atomic E-state index is -4.41. The highest BCUT2D eigenvalue weighted by molar-refractivity contribution is 7.85. The van der Waals surface area contributed by atoms with E-state index in [2.05, 4.69) is 12.2 Å². The Hall–Kier alpha value is -0.700. The molecule has 144 valence electrons. The van der Waals surface area contributed by atoms with Crippen molar-refractivity contribution < 1.29 is 27.4 Å². The second-order valence-corrected chi connectivity index (χ2v) is 8.54. The van der Waals surface area contributed by atoms with E-state index in [9.17, 15) is 22.9 Å². The lowest BCUT2D eigenvalue weighted by atomic mass is 10.1. The summed E-state index contributed by atoms with van der Waals surface area (Å²) in [5.74, 6) is -0.696. The van der Waals surface area contributed by atoms with Crippen LogP contribution in [0, 0.1) is 0 Å². The van der Waals surface area contributed by atoms with E-state index in [1.807, 2.05) is 14.1 Å². The van der Waals surface area contributed by atoms with Gasteiger partial charge in [0.2, 0.25) is 5.91 Å². The van der Waals surface area contributed by atoms with Crippen LogP contribution in [-0.2, 0) is 14.9 Å². The van der Waals surface area contributed by atoms with E-state index < -0.39 is 22.0 Å². The van der Waals surface area contributed by atoms with Gasteiger partial charge in [-0.15, -0.1) is 0 Å². The van der Waals surface area contributed by atoms with Crippen molar-refractivity contribution >= 4 is 16.0 Å². The molecule has 0 bridgehead atoms. The first-order chi connectivity index (χ1) is 11.1. The second-order valence-electron chi connectivity index (χ2n) is 7.09. The van der Waals surface area contributed by atoms with Crippen molar-refractivity contribution in [3.8, 4) is 0 Å². The maximum Gasteiger partial charge on any atom is 0.219 e. The number of aliphatic hydroxyl groups is 1. The van der Waals surface area contributed by atoms with Gasteiger partial charge < -0.3 is 19.5 Å². The molecule has 2 N–H and O–H groups in total. The Morgan fingerprint density at radius 3 is 2.38 bits per heavy atom. The summed E-state index contributed by atoms with van der Waals surface area (Å²) in [5.41, 5.74) is 0. The maximum absolute atomic E-state index is 11.7. The van der Waals surface area contributed by atoms with E-state index in [1.165, 1.54) is 19.3 Å². The van der Waals surface area contributed by atoms with Crippen LogP contribution in [0.5, 0.6) is 0 Å². The summed E-state index contributed by atoms with van der Waals surface area (Å²) >= 11 is 0. The van der Waals surface area contributed by atoms with E-state index in [0.29, 0.717) is 24.0 Å². The molecule has 0 heterocycles. The van der Waals surface area contributed by atoms with Crippen LogP contribution in [0.25, 0.3) is 0 Å². The Morgan fingerprint density at radius 2 is 1.79 bits per heavy atom. The predicted octanol–water partition coefficient (Wildman–Crippen LogP) is 0.836. The fraction of sp³-hybridized carbons (Fsp3) is 0.938. The highest BCUT2D eigenvalue weighted by Crippen LogP contribution is 2.05. The molecule has 0 spiro atoms. The minimum absolute atomic E-state index is 0.0642. The molecule has 0 rings (SSSR count). The number of aliphatic hydroxyl groups excluding tert-OH is 1. The molecular weight excluding hydrogens is 332 g/mol. The average molecular weight is 367 g/mol. The molecule has 0 aromatic carbocycles. The van der Waals surface area contributed by atoms with Crippen molar-refractivity contribution in [2.24, 2.45) is 0 Å². The summed E-state index contributed by atoms with van der Waals surface area (Å²) in [4.78, 5) is 11.7. The SMILES string of the molecule is CCCCCCCC(=O)NCCC[N+](C)(C)CC(O)CS(=O)(=O)[O-]. The monoisotopic (exact) mass is 366 g/mol. The molecule has 0 saturated heterocycles. The lowest BCUT2D eigenvalue weighted by Gasteiger charge is -2.32. The zero-order valence-electron chi connectivity index (χ0n) is 15.3. The standard InChI is InChI=1S/C16H34N2O5S/c1-4-5-6-7-8-10-16(20)17-11-9-12-18(2,3)13-15(19)14-24(21,22)23/h15,19H,4-14H2,1-3H3,(H-,17,20,21,22,23). The Labute approximate surface area is 146 Å². The number of carbonyl (C=O) groups excluding carboxylic acids is 1. The van der Waals surface area contributed by atoms with Crippen LogP contribution in [0.1, 0.15) is 51.9 Å². The van der Waals surface area contributed by atoms with Gasteiger partial charge in [-0.05, 0) is 6.42 Å². The lowest BCUT2D eigenvalue weighted by Crippen LogP contribution is -2.48. The fourth-order valence-corrected chi connectivity index (χ4v) is 3.24. The van der Waals surface area contributed by atoms with Crippen molar-refractivity contribution in [2.75, 3.05) is 39.5 Å². The van der Waals surface area contributed by atoms with E-state index in [-0.39, 0.29) is 12.5 Å². The Balaban J connectivity index is 3.82. The van der Waals surface area contributed by atoms with E-state index in [1.54, 1.807) is 0 Å². The van der Waals surface area contributed by atoms with Crippen molar-refractivity contribution in [1.82, 2.24) is 5.32 Å². The molecule has 0 fully saturated rings. The zero-order chi connectivity index (χ0) is 18.6. The van der Waals surface area contributed by atoms with Crippen LogP contribution in [0.4, 0.5) is 0 Å². The third-order valence-electron chi connectivity index (χ3n) is 3.87. The number of nitrogens with one attached hydrogen (secondary N) is 1. The quantitative estimate of drug-likeness (QED) is 0.269. The molecule has 7 nitrogen and oxygen atoms in total. The number of nitrogens with zero attached hydrogens (tertiary/aromatic N) is 1. The number of unbranched alkanes of at least 4 members (excludes halogenated alkanes) is 4. The van der Waals surface area contributed by atoms with Gasteiger partial charge in [-0.3, -0.25) is 4.79 Å². The third kappa shape index (κ3) is 14.9. The number of rotatable bonds is 14. The first kappa shape index (κ1) is 23.3. The van der Waals surface area contributed by atoms with Crippen LogP contribution in [0.2, 0.25) is 0 Å². The molecule has 0 aromatic heterocycles. The second kappa shape index (κ2) is 11.8. The topological polar surface area (TPSA) is 107 Å². The summed E-state index contributed by atoms with van der Waals surface area (Å²) in [6, 6.07) is 0. The smallest absolute Gasteiger partial charge is 0.219 e. The number of hydrogen-bond acceptors (Lipinski definition) is 5. The predicted molar refractivity (Wildman–Crippen MR) is 93.4 cm³/mol. The van der Waals surface area contributed by atoms with Gasteiger partial charge in [-0.1, -0.05) is 32.6 Å². The van der Waals surface area contributed by atoms with Gasteiger partial charge in [0.1, 0.15) is 12.6 Å². The number of carbonyl (C=O) groups is 1. The average Bonchev–Trinajstić information content (AvgIpc) is 2.40. The third-order valence-corrected chi connectivity index (χ3v) is 4.66. The van der Waals surface area contributed by atoms with E-state index in [4.69, 9.17) is 0 Å². The van der Waals surface area contributed by atoms with Crippen LogP contribution < -0.4 is 5.32 Å². The molecule has 0 radical (unpaired) electrons. The van der Waals surface area contributed by atoms with Crippen LogP contribution in [0.3, 0.4) is 0 Å². The Bertz CT molecular complexity index is 451. The zero-order valence-corrected chi connectivity index (χ0v) is 16.1. The number of likely N-dealkylation sites (N-methyl/N-ethyl adjacent to an activating group) is 1. The van der Waals surface area contributed by atoms with Crippen molar-refractivity contribution in [3.05, 3.63) is 0 Å². The lowest BCUT2D eigenvalue weighted by molar-refractivity contribution is -0.893. The molecular formula is C16H34N2O5S. The Morgan fingerprint density at radius 1 is 1.17 bits per heavy atom. The molecule has 0 aliphatic heterocycles. The molecule has 1 atom stereocenters. The maximum atomic E-state index is 11.7. The largest absolute Gasteiger partial charge is 0.748 e.